The van der Waals surface area contributed by atoms with Crippen molar-refractivity contribution in [2.45, 2.75) is 33.1 Å². The largest absolute Gasteiger partial charge is 0.368 e. The third-order valence-electron chi connectivity index (χ3n) is 5.42. The van der Waals surface area contributed by atoms with E-state index in [9.17, 15) is 4.79 Å². The van der Waals surface area contributed by atoms with Crippen molar-refractivity contribution in [2.24, 2.45) is 0 Å². The maximum absolute atomic E-state index is 13.0. The first-order valence-corrected chi connectivity index (χ1v) is 9.26. The number of amides is 1. The van der Waals surface area contributed by atoms with E-state index in [1.54, 1.807) is 0 Å². The molecule has 0 aliphatic carbocycles. The number of hydrogen-bond donors (Lipinski definition) is 0. The van der Waals surface area contributed by atoms with Crippen LogP contribution in [0.1, 0.15) is 36.0 Å². The topological polar surface area (TPSA) is 23.6 Å². The monoisotopic (exact) mass is 336 g/mol. The van der Waals surface area contributed by atoms with Gasteiger partial charge in [0.05, 0.1) is 5.92 Å². The van der Waals surface area contributed by atoms with E-state index in [1.165, 1.54) is 16.8 Å². The number of anilines is 1. The van der Waals surface area contributed by atoms with Crippen molar-refractivity contribution in [3.8, 4) is 0 Å². The molecule has 1 aliphatic heterocycles. The summed E-state index contributed by atoms with van der Waals surface area (Å²) in [7, 11) is 0. The van der Waals surface area contributed by atoms with E-state index in [0.29, 0.717) is 0 Å². The van der Waals surface area contributed by atoms with Gasteiger partial charge in [-0.25, -0.2) is 0 Å². The van der Waals surface area contributed by atoms with Crippen molar-refractivity contribution >= 4 is 11.6 Å². The van der Waals surface area contributed by atoms with E-state index in [1.807, 2.05) is 23.1 Å². The minimum Gasteiger partial charge on any atom is -0.368 e. The number of aryl methyl sites for hydroxylation is 1. The second kappa shape index (κ2) is 7.73. The van der Waals surface area contributed by atoms with E-state index < -0.39 is 0 Å². The van der Waals surface area contributed by atoms with Gasteiger partial charge in [-0.3, -0.25) is 4.79 Å². The van der Waals surface area contributed by atoms with E-state index in [-0.39, 0.29) is 11.8 Å². The van der Waals surface area contributed by atoms with Gasteiger partial charge in [0, 0.05) is 31.9 Å². The SMILES string of the molecule is CCC(C(=O)N1CCN(c2cccc(C)c2C)CC1)c1ccccc1. The third kappa shape index (κ3) is 3.71. The molecule has 2 aromatic rings. The van der Waals surface area contributed by atoms with Crippen LogP contribution in [0.4, 0.5) is 5.69 Å². The molecular weight excluding hydrogens is 308 g/mol. The Hall–Kier alpha value is -2.29. The van der Waals surface area contributed by atoms with Gasteiger partial charge in [-0.15, -0.1) is 0 Å². The average Bonchev–Trinajstić information content (AvgIpc) is 2.65. The highest BCUT2D eigenvalue weighted by Gasteiger charge is 2.27. The van der Waals surface area contributed by atoms with Crippen molar-refractivity contribution < 1.29 is 4.79 Å². The van der Waals surface area contributed by atoms with Crippen LogP contribution in [0.3, 0.4) is 0 Å². The Morgan fingerprint density at radius 1 is 0.960 bits per heavy atom. The molecule has 0 spiro atoms. The Bertz CT molecular complexity index is 718. The quantitative estimate of drug-likeness (QED) is 0.837. The molecule has 1 aliphatic rings. The lowest BCUT2D eigenvalue weighted by Gasteiger charge is -2.38. The van der Waals surface area contributed by atoms with Gasteiger partial charge in [0.25, 0.3) is 0 Å². The molecule has 132 valence electrons. The van der Waals surface area contributed by atoms with Crippen molar-refractivity contribution in [2.75, 3.05) is 31.1 Å². The molecule has 1 saturated heterocycles. The van der Waals surface area contributed by atoms with Gasteiger partial charge in [0.1, 0.15) is 0 Å². The summed E-state index contributed by atoms with van der Waals surface area (Å²) >= 11 is 0. The van der Waals surface area contributed by atoms with Crippen LogP contribution in [-0.2, 0) is 4.79 Å². The summed E-state index contributed by atoms with van der Waals surface area (Å²) in [5.41, 5.74) is 5.11. The zero-order valence-electron chi connectivity index (χ0n) is 15.5. The summed E-state index contributed by atoms with van der Waals surface area (Å²) in [5, 5.41) is 0. The number of benzene rings is 2. The fourth-order valence-electron chi connectivity index (χ4n) is 3.70. The Kier molecular flexibility index (Phi) is 5.42. The fourth-order valence-corrected chi connectivity index (χ4v) is 3.70. The lowest BCUT2D eigenvalue weighted by molar-refractivity contribution is -0.133. The first-order chi connectivity index (χ1) is 12.1. The number of hydrogen-bond acceptors (Lipinski definition) is 2. The molecule has 1 unspecified atom stereocenters. The molecule has 3 nitrogen and oxygen atoms in total. The summed E-state index contributed by atoms with van der Waals surface area (Å²) in [6.07, 6.45) is 0.847. The molecule has 2 aromatic carbocycles. The van der Waals surface area contributed by atoms with E-state index in [4.69, 9.17) is 0 Å². The molecule has 0 radical (unpaired) electrons. The van der Waals surface area contributed by atoms with Crippen LogP contribution >= 0.6 is 0 Å². The number of carbonyl (C=O) groups excluding carboxylic acids is 1. The highest BCUT2D eigenvalue weighted by molar-refractivity contribution is 5.84. The molecule has 3 heteroatoms. The normalized spacial score (nSPS) is 16.0. The fraction of sp³-hybridized carbons (Fsp3) is 0.409. The van der Waals surface area contributed by atoms with Crippen LogP contribution in [-0.4, -0.2) is 37.0 Å². The third-order valence-corrected chi connectivity index (χ3v) is 5.42. The van der Waals surface area contributed by atoms with Crippen LogP contribution in [0.2, 0.25) is 0 Å². The Balaban J connectivity index is 1.67. The van der Waals surface area contributed by atoms with Gasteiger partial charge >= 0.3 is 0 Å². The number of nitrogens with zero attached hydrogens (tertiary/aromatic N) is 2. The highest BCUT2D eigenvalue weighted by atomic mass is 16.2. The van der Waals surface area contributed by atoms with Gasteiger partial charge in [-0.2, -0.15) is 0 Å². The van der Waals surface area contributed by atoms with Crippen molar-refractivity contribution in [3.63, 3.8) is 0 Å². The van der Waals surface area contributed by atoms with Crippen LogP contribution in [0, 0.1) is 13.8 Å². The molecule has 25 heavy (non-hydrogen) atoms. The lowest BCUT2D eigenvalue weighted by atomic mass is 9.94. The predicted octanol–water partition coefficient (Wildman–Crippen LogP) is 4.15. The second-order valence-corrected chi connectivity index (χ2v) is 6.90. The summed E-state index contributed by atoms with van der Waals surface area (Å²) in [6.45, 7) is 9.85. The zero-order valence-corrected chi connectivity index (χ0v) is 15.5. The van der Waals surface area contributed by atoms with E-state index in [0.717, 1.165) is 38.2 Å². The summed E-state index contributed by atoms with van der Waals surface area (Å²) in [6, 6.07) is 16.6. The first kappa shape index (κ1) is 17.5. The van der Waals surface area contributed by atoms with Gasteiger partial charge in [-0.1, -0.05) is 49.4 Å². The minimum atomic E-state index is -0.0199. The maximum atomic E-state index is 13.0. The molecule has 3 rings (SSSR count). The van der Waals surface area contributed by atoms with Crippen LogP contribution in [0.5, 0.6) is 0 Å². The zero-order chi connectivity index (χ0) is 17.8. The van der Waals surface area contributed by atoms with Gasteiger partial charge < -0.3 is 9.80 Å². The van der Waals surface area contributed by atoms with E-state index >= 15 is 0 Å². The molecule has 0 N–H and O–H groups in total. The standard InChI is InChI=1S/C22H28N2O/c1-4-20(19-10-6-5-7-11-19)22(25)24-15-13-23(14-16-24)21-12-8-9-17(2)18(21)3/h5-12,20H,4,13-16H2,1-3H3. The molecule has 0 aromatic heterocycles. The molecule has 1 heterocycles. The summed E-state index contributed by atoms with van der Waals surface area (Å²) in [5.74, 6) is 0.253. The van der Waals surface area contributed by atoms with Crippen LogP contribution < -0.4 is 4.90 Å². The molecule has 1 fully saturated rings. The smallest absolute Gasteiger partial charge is 0.230 e. The van der Waals surface area contributed by atoms with Gasteiger partial charge in [-0.05, 0) is 43.0 Å². The summed E-state index contributed by atoms with van der Waals surface area (Å²) in [4.78, 5) is 17.5. The van der Waals surface area contributed by atoms with Gasteiger partial charge in [0.2, 0.25) is 5.91 Å². The lowest BCUT2D eigenvalue weighted by Crippen LogP contribution is -2.50. The maximum Gasteiger partial charge on any atom is 0.230 e. The van der Waals surface area contributed by atoms with Crippen molar-refractivity contribution in [3.05, 3.63) is 65.2 Å². The molecule has 1 amide bonds. The number of rotatable bonds is 4. The Morgan fingerprint density at radius 2 is 1.64 bits per heavy atom. The first-order valence-electron chi connectivity index (χ1n) is 9.26. The Labute approximate surface area is 151 Å². The molecule has 1 atom stereocenters. The Morgan fingerprint density at radius 3 is 2.28 bits per heavy atom. The molecule has 0 saturated carbocycles. The van der Waals surface area contributed by atoms with Crippen molar-refractivity contribution in [1.82, 2.24) is 4.90 Å². The summed E-state index contributed by atoms with van der Waals surface area (Å²) < 4.78 is 0. The van der Waals surface area contributed by atoms with Gasteiger partial charge in [0.15, 0.2) is 0 Å². The van der Waals surface area contributed by atoms with Crippen LogP contribution in [0.15, 0.2) is 48.5 Å². The number of piperazine rings is 1. The van der Waals surface area contributed by atoms with Crippen molar-refractivity contribution in [1.29, 1.82) is 0 Å². The molecule has 0 bridgehead atoms. The number of carbonyl (C=O) groups is 1. The van der Waals surface area contributed by atoms with Crippen LogP contribution in [0.25, 0.3) is 0 Å². The predicted molar refractivity (Wildman–Crippen MR) is 104 cm³/mol. The highest BCUT2D eigenvalue weighted by Crippen LogP contribution is 2.26. The molecular formula is C22H28N2O. The average molecular weight is 336 g/mol. The second-order valence-electron chi connectivity index (χ2n) is 6.90. The van der Waals surface area contributed by atoms with E-state index in [2.05, 4.69) is 56.0 Å². The minimum absolute atomic E-state index is 0.0199.